The van der Waals surface area contributed by atoms with Gasteiger partial charge in [0.2, 0.25) is 5.91 Å². The number of aromatic nitrogens is 2. The number of carbonyl (C=O) groups excluding carboxylic acids is 1. The van der Waals surface area contributed by atoms with Gasteiger partial charge in [-0.3, -0.25) is 9.59 Å². The molecule has 26 heavy (non-hydrogen) atoms. The standard InChI is InChI=1S/C18H24N4O2S2/c23-15(20-11-4-3-7-19-8-11)10-25-9-14-21-17(24)16-12-5-1-2-6-13(12)26-18(16)22-14/h11,19H,1-10H2,(H,20,23)(H,21,22,24). The van der Waals surface area contributed by atoms with Gasteiger partial charge in [0, 0.05) is 17.5 Å². The molecular formula is C18H24N4O2S2. The van der Waals surface area contributed by atoms with Crippen LogP contribution < -0.4 is 16.2 Å². The minimum absolute atomic E-state index is 0.0252. The molecule has 1 aliphatic heterocycles. The molecule has 2 aliphatic rings. The number of H-pyrrole nitrogens is 1. The van der Waals surface area contributed by atoms with Crippen molar-refractivity contribution in [1.29, 1.82) is 0 Å². The zero-order valence-electron chi connectivity index (χ0n) is 14.7. The van der Waals surface area contributed by atoms with Crippen LogP contribution in [0.2, 0.25) is 0 Å². The molecule has 6 nitrogen and oxygen atoms in total. The molecule has 2 aromatic heterocycles. The largest absolute Gasteiger partial charge is 0.351 e. The molecule has 3 heterocycles. The zero-order valence-corrected chi connectivity index (χ0v) is 16.4. The molecule has 0 saturated carbocycles. The monoisotopic (exact) mass is 392 g/mol. The Morgan fingerprint density at radius 3 is 3.04 bits per heavy atom. The van der Waals surface area contributed by atoms with E-state index in [4.69, 9.17) is 0 Å². The van der Waals surface area contributed by atoms with E-state index in [-0.39, 0.29) is 17.5 Å². The van der Waals surface area contributed by atoms with E-state index in [1.807, 2.05) is 0 Å². The van der Waals surface area contributed by atoms with Crippen molar-refractivity contribution in [3.8, 4) is 0 Å². The molecule has 0 aromatic carbocycles. The number of amides is 1. The Bertz CT molecular complexity index is 855. The molecule has 0 spiro atoms. The van der Waals surface area contributed by atoms with Crippen molar-refractivity contribution in [3.05, 3.63) is 26.6 Å². The second kappa shape index (κ2) is 8.10. The van der Waals surface area contributed by atoms with Gasteiger partial charge in [0.15, 0.2) is 0 Å². The molecule has 1 saturated heterocycles. The third-order valence-electron chi connectivity index (χ3n) is 5.01. The fraction of sp³-hybridized carbons (Fsp3) is 0.611. The van der Waals surface area contributed by atoms with Gasteiger partial charge in [-0.15, -0.1) is 23.1 Å². The summed E-state index contributed by atoms with van der Waals surface area (Å²) in [5, 5.41) is 7.15. The van der Waals surface area contributed by atoms with Crippen molar-refractivity contribution < 1.29 is 4.79 Å². The summed E-state index contributed by atoms with van der Waals surface area (Å²) in [6.07, 6.45) is 6.56. The van der Waals surface area contributed by atoms with Gasteiger partial charge in [0.1, 0.15) is 10.7 Å². The van der Waals surface area contributed by atoms with E-state index in [1.54, 1.807) is 11.3 Å². The maximum Gasteiger partial charge on any atom is 0.259 e. The fourth-order valence-electron chi connectivity index (χ4n) is 3.76. The first-order valence-corrected chi connectivity index (χ1v) is 11.3. The van der Waals surface area contributed by atoms with Crippen molar-refractivity contribution >= 4 is 39.2 Å². The molecule has 1 fully saturated rings. The van der Waals surface area contributed by atoms with Crippen LogP contribution in [-0.2, 0) is 23.4 Å². The highest BCUT2D eigenvalue weighted by atomic mass is 32.2. The van der Waals surface area contributed by atoms with Crippen LogP contribution in [0.25, 0.3) is 10.2 Å². The number of thiophene rings is 1. The van der Waals surface area contributed by atoms with Gasteiger partial charge in [-0.25, -0.2) is 4.98 Å². The molecule has 1 amide bonds. The molecule has 3 N–H and O–H groups in total. The summed E-state index contributed by atoms with van der Waals surface area (Å²) in [6.45, 7) is 1.89. The van der Waals surface area contributed by atoms with Crippen LogP contribution in [0.1, 0.15) is 41.9 Å². The normalized spacial score (nSPS) is 20.1. The summed E-state index contributed by atoms with van der Waals surface area (Å²) < 4.78 is 0. The van der Waals surface area contributed by atoms with E-state index in [0.29, 0.717) is 17.3 Å². The fourth-order valence-corrected chi connectivity index (χ4v) is 5.74. The summed E-state index contributed by atoms with van der Waals surface area (Å²) in [6, 6.07) is 0.239. The Morgan fingerprint density at radius 1 is 1.31 bits per heavy atom. The van der Waals surface area contributed by atoms with E-state index in [1.165, 1.54) is 28.6 Å². The summed E-state index contributed by atoms with van der Waals surface area (Å²) in [5.74, 6) is 1.65. The minimum Gasteiger partial charge on any atom is -0.351 e. The summed E-state index contributed by atoms with van der Waals surface area (Å²) >= 11 is 3.16. The maximum atomic E-state index is 12.5. The Balaban J connectivity index is 1.37. The highest BCUT2D eigenvalue weighted by Gasteiger charge is 2.20. The van der Waals surface area contributed by atoms with Gasteiger partial charge in [-0.1, -0.05) is 0 Å². The molecule has 1 unspecified atom stereocenters. The molecule has 8 heteroatoms. The topological polar surface area (TPSA) is 86.9 Å². The van der Waals surface area contributed by atoms with E-state index in [0.717, 1.165) is 55.4 Å². The van der Waals surface area contributed by atoms with Gasteiger partial charge in [0.25, 0.3) is 5.56 Å². The second-order valence-corrected chi connectivity index (χ2v) is 9.08. The first-order chi connectivity index (χ1) is 12.7. The SMILES string of the molecule is O=C(CSCc1nc2sc3c(c2c(=O)[nH]1)CCCC3)NC1CCCNC1. The van der Waals surface area contributed by atoms with Crippen LogP contribution >= 0.6 is 23.1 Å². The predicted octanol–water partition coefficient (Wildman–Crippen LogP) is 1.96. The van der Waals surface area contributed by atoms with Crippen LogP contribution in [-0.4, -0.2) is 40.8 Å². The first kappa shape index (κ1) is 18.0. The molecule has 1 aliphatic carbocycles. The predicted molar refractivity (Wildman–Crippen MR) is 107 cm³/mol. The zero-order chi connectivity index (χ0) is 17.9. The molecule has 0 bridgehead atoms. The summed E-state index contributed by atoms with van der Waals surface area (Å²) in [4.78, 5) is 34.3. The number of nitrogens with zero attached hydrogens (tertiary/aromatic N) is 1. The Morgan fingerprint density at radius 2 is 2.19 bits per heavy atom. The number of hydrogen-bond donors (Lipinski definition) is 3. The smallest absolute Gasteiger partial charge is 0.259 e. The summed E-state index contributed by atoms with van der Waals surface area (Å²) in [7, 11) is 0. The molecule has 4 rings (SSSR count). The van der Waals surface area contributed by atoms with Crippen molar-refractivity contribution in [3.63, 3.8) is 0 Å². The van der Waals surface area contributed by atoms with E-state index >= 15 is 0 Å². The lowest BCUT2D eigenvalue weighted by Crippen LogP contribution is -2.46. The highest BCUT2D eigenvalue weighted by molar-refractivity contribution is 7.99. The molecule has 140 valence electrons. The highest BCUT2D eigenvalue weighted by Crippen LogP contribution is 2.33. The van der Waals surface area contributed by atoms with Crippen molar-refractivity contribution in [2.45, 2.75) is 50.3 Å². The molecule has 1 atom stereocenters. The number of fused-ring (bicyclic) bond motifs is 3. The van der Waals surface area contributed by atoms with Gasteiger partial charge in [0.05, 0.1) is 16.9 Å². The first-order valence-electron chi connectivity index (χ1n) is 9.32. The molecule has 0 radical (unpaired) electrons. The third kappa shape index (κ3) is 3.97. The number of nitrogens with one attached hydrogen (secondary N) is 3. The van der Waals surface area contributed by atoms with Crippen molar-refractivity contribution in [2.24, 2.45) is 0 Å². The van der Waals surface area contributed by atoms with Crippen LogP contribution in [0, 0.1) is 0 Å². The number of carbonyl (C=O) groups is 1. The lowest BCUT2D eigenvalue weighted by molar-refractivity contribution is -0.119. The number of hydrogen-bond acceptors (Lipinski definition) is 6. The lowest BCUT2D eigenvalue weighted by atomic mass is 9.97. The van der Waals surface area contributed by atoms with E-state index in [2.05, 4.69) is 20.6 Å². The minimum atomic E-state index is -0.0252. The number of thioether (sulfide) groups is 1. The average molecular weight is 393 g/mol. The third-order valence-corrected chi connectivity index (χ3v) is 7.14. The van der Waals surface area contributed by atoms with Crippen LogP contribution in [0.4, 0.5) is 0 Å². The second-order valence-electron chi connectivity index (χ2n) is 7.01. The lowest BCUT2D eigenvalue weighted by Gasteiger charge is -2.23. The van der Waals surface area contributed by atoms with Gasteiger partial charge >= 0.3 is 0 Å². The van der Waals surface area contributed by atoms with Crippen LogP contribution in [0.5, 0.6) is 0 Å². The van der Waals surface area contributed by atoms with Crippen LogP contribution in [0.3, 0.4) is 0 Å². The Hall–Kier alpha value is -1.38. The van der Waals surface area contributed by atoms with E-state index in [9.17, 15) is 9.59 Å². The van der Waals surface area contributed by atoms with E-state index < -0.39 is 0 Å². The quantitative estimate of drug-likeness (QED) is 0.724. The maximum absolute atomic E-state index is 12.5. The van der Waals surface area contributed by atoms with Crippen molar-refractivity contribution in [1.82, 2.24) is 20.6 Å². The Labute approximate surface area is 160 Å². The summed E-state index contributed by atoms with van der Waals surface area (Å²) in [5.41, 5.74) is 1.19. The number of rotatable bonds is 5. The van der Waals surface area contributed by atoms with Gasteiger partial charge < -0.3 is 15.6 Å². The van der Waals surface area contributed by atoms with Gasteiger partial charge in [-0.05, 0) is 50.6 Å². The number of piperidine rings is 1. The van der Waals surface area contributed by atoms with Crippen LogP contribution in [0.15, 0.2) is 4.79 Å². The molecule has 2 aromatic rings. The Kier molecular flexibility index (Phi) is 5.61. The number of aryl methyl sites for hydroxylation is 2. The average Bonchev–Trinajstić information content (AvgIpc) is 3.01. The van der Waals surface area contributed by atoms with Crippen molar-refractivity contribution in [2.75, 3.05) is 18.8 Å². The van der Waals surface area contributed by atoms with Gasteiger partial charge in [-0.2, -0.15) is 0 Å². The molecular weight excluding hydrogens is 368 g/mol. The number of aromatic amines is 1.